The van der Waals surface area contributed by atoms with Gasteiger partial charge in [-0.25, -0.2) is 0 Å². The number of benzene rings is 1. The molecule has 0 saturated carbocycles. The molecule has 28 heavy (non-hydrogen) atoms. The molecule has 1 aliphatic rings. The number of nitrogens with zero attached hydrogens (tertiary/aromatic N) is 2. The first kappa shape index (κ1) is 18.8. The highest BCUT2D eigenvalue weighted by molar-refractivity contribution is 7.14. The molecule has 0 bridgehead atoms. The molecular formula is C23H25N3OS. The summed E-state index contributed by atoms with van der Waals surface area (Å²) in [4.78, 5) is 21.1. The van der Waals surface area contributed by atoms with Gasteiger partial charge in [-0.2, -0.15) is 0 Å². The van der Waals surface area contributed by atoms with Crippen LogP contribution in [0.3, 0.4) is 0 Å². The van der Waals surface area contributed by atoms with Crippen LogP contribution in [0, 0.1) is 0 Å². The predicted molar refractivity (Wildman–Crippen MR) is 114 cm³/mol. The molecule has 3 heterocycles. The maximum atomic E-state index is 12.1. The van der Waals surface area contributed by atoms with Gasteiger partial charge >= 0.3 is 0 Å². The summed E-state index contributed by atoms with van der Waals surface area (Å²) in [6, 6.07) is 19.2. The van der Waals surface area contributed by atoms with Crippen LogP contribution in [-0.2, 0) is 6.54 Å². The molecule has 0 spiro atoms. The molecule has 1 saturated heterocycles. The van der Waals surface area contributed by atoms with Crippen molar-refractivity contribution in [1.29, 1.82) is 0 Å². The molecule has 0 aliphatic carbocycles. The van der Waals surface area contributed by atoms with Crippen LogP contribution in [0.4, 0.5) is 0 Å². The first-order chi connectivity index (χ1) is 13.7. The van der Waals surface area contributed by atoms with Gasteiger partial charge in [-0.1, -0.05) is 30.3 Å². The number of likely N-dealkylation sites (tertiary alicyclic amines) is 1. The lowest BCUT2D eigenvalue weighted by atomic mass is 10.1. The average Bonchev–Trinajstić information content (AvgIpc) is 3.39. The normalized spacial score (nSPS) is 17.0. The minimum absolute atomic E-state index is 0.0356. The number of thiophene rings is 1. The number of aromatic nitrogens is 1. The zero-order valence-electron chi connectivity index (χ0n) is 16.1. The molecule has 5 heteroatoms. The van der Waals surface area contributed by atoms with E-state index < -0.39 is 0 Å². The topological polar surface area (TPSA) is 45.2 Å². The van der Waals surface area contributed by atoms with E-state index >= 15 is 0 Å². The van der Waals surface area contributed by atoms with E-state index in [9.17, 15) is 4.79 Å². The van der Waals surface area contributed by atoms with Gasteiger partial charge in [0, 0.05) is 35.8 Å². The Labute approximate surface area is 170 Å². The Morgan fingerprint density at radius 2 is 2.04 bits per heavy atom. The highest BCUT2D eigenvalue weighted by atomic mass is 32.1. The number of nitrogens with one attached hydrogen (secondary N) is 1. The van der Waals surface area contributed by atoms with Crippen LogP contribution in [0.25, 0.3) is 11.3 Å². The minimum Gasteiger partial charge on any atom is -0.352 e. The molecule has 1 aromatic carbocycles. The Balaban J connectivity index is 1.45. The smallest absolute Gasteiger partial charge is 0.261 e. The van der Waals surface area contributed by atoms with Gasteiger partial charge in [0.25, 0.3) is 5.91 Å². The van der Waals surface area contributed by atoms with Crippen LogP contribution in [0.15, 0.2) is 60.8 Å². The van der Waals surface area contributed by atoms with E-state index in [1.165, 1.54) is 16.9 Å². The van der Waals surface area contributed by atoms with Gasteiger partial charge in [-0.3, -0.25) is 14.7 Å². The second-order valence-electron chi connectivity index (χ2n) is 7.10. The third kappa shape index (κ3) is 4.16. The van der Waals surface area contributed by atoms with E-state index in [0.29, 0.717) is 12.6 Å². The van der Waals surface area contributed by atoms with Crippen molar-refractivity contribution in [1.82, 2.24) is 15.2 Å². The quantitative estimate of drug-likeness (QED) is 0.650. The second-order valence-corrected chi connectivity index (χ2v) is 8.22. The fourth-order valence-corrected chi connectivity index (χ4v) is 4.88. The summed E-state index contributed by atoms with van der Waals surface area (Å²) in [5.41, 5.74) is 3.46. The van der Waals surface area contributed by atoms with Gasteiger partial charge in [0.2, 0.25) is 0 Å². The molecule has 1 atom stereocenters. The Hall–Kier alpha value is -2.50. The fourth-order valence-electron chi connectivity index (χ4n) is 3.79. The molecule has 144 valence electrons. The second kappa shape index (κ2) is 8.67. The largest absolute Gasteiger partial charge is 0.352 e. The average molecular weight is 392 g/mol. The van der Waals surface area contributed by atoms with Crippen molar-refractivity contribution in [3.63, 3.8) is 0 Å². The SMILES string of the molecule is CCNC(=O)c1ccc([C@H]2CCCN2Cc2ccc(-c3ccccn3)cc2)s1. The van der Waals surface area contributed by atoms with Crippen LogP contribution in [-0.4, -0.2) is 28.9 Å². The molecule has 0 radical (unpaired) electrons. The fraction of sp³-hybridized carbons (Fsp3) is 0.304. The summed E-state index contributed by atoms with van der Waals surface area (Å²) < 4.78 is 0. The molecule has 4 rings (SSSR count). The van der Waals surface area contributed by atoms with E-state index in [1.807, 2.05) is 37.4 Å². The van der Waals surface area contributed by atoms with Crippen LogP contribution in [0.1, 0.15) is 45.9 Å². The summed E-state index contributed by atoms with van der Waals surface area (Å²) in [6.07, 6.45) is 4.18. The van der Waals surface area contributed by atoms with E-state index in [4.69, 9.17) is 0 Å². The molecule has 2 aromatic heterocycles. The molecule has 1 N–H and O–H groups in total. The van der Waals surface area contributed by atoms with Crippen molar-refractivity contribution in [3.8, 4) is 11.3 Å². The van der Waals surface area contributed by atoms with Gasteiger partial charge < -0.3 is 5.32 Å². The number of amides is 1. The lowest BCUT2D eigenvalue weighted by Crippen LogP contribution is -2.22. The lowest BCUT2D eigenvalue weighted by Gasteiger charge is -2.23. The summed E-state index contributed by atoms with van der Waals surface area (Å²) in [5, 5.41) is 2.89. The van der Waals surface area contributed by atoms with Gasteiger partial charge in [0.1, 0.15) is 0 Å². The molecule has 4 nitrogen and oxygen atoms in total. The Morgan fingerprint density at radius 3 is 2.79 bits per heavy atom. The highest BCUT2D eigenvalue weighted by Gasteiger charge is 2.27. The lowest BCUT2D eigenvalue weighted by molar-refractivity contribution is 0.0960. The van der Waals surface area contributed by atoms with Crippen molar-refractivity contribution in [2.75, 3.05) is 13.1 Å². The van der Waals surface area contributed by atoms with Crippen LogP contribution in [0.5, 0.6) is 0 Å². The number of rotatable bonds is 6. The first-order valence-electron chi connectivity index (χ1n) is 9.87. The Kier molecular flexibility index (Phi) is 5.84. The number of carbonyl (C=O) groups is 1. The van der Waals surface area contributed by atoms with Crippen molar-refractivity contribution in [3.05, 3.63) is 76.1 Å². The van der Waals surface area contributed by atoms with E-state index in [0.717, 1.165) is 35.6 Å². The van der Waals surface area contributed by atoms with Crippen LogP contribution >= 0.6 is 11.3 Å². The highest BCUT2D eigenvalue weighted by Crippen LogP contribution is 2.37. The van der Waals surface area contributed by atoms with Crippen molar-refractivity contribution in [2.24, 2.45) is 0 Å². The van der Waals surface area contributed by atoms with Gasteiger partial charge in [-0.05, 0) is 56.1 Å². The zero-order valence-corrected chi connectivity index (χ0v) is 16.9. The van der Waals surface area contributed by atoms with E-state index in [2.05, 4.69) is 45.5 Å². The summed E-state index contributed by atoms with van der Waals surface area (Å²) in [7, 11) is 0. The minimum atomic E-state index is 0.0356. The Bertz CT molecular complexity index is 921. The van der Waals surface area contributed by atoms with Crippen LogP contribution < -0.4 is 5.32 Å². The van der Waals surface area contributed by atoms with Crippen molar-refractivity contribution in [2.45, 2.75) is 32.4 Å². The number of hydrogen-bond donors (Lipinski definition) is 1. The molecule has 0 unspecified atom stereocenters. The predicted octanol–water partition coefficient (Wildman–Crippen LogP) is 4.90. The van der Waals surface area contributed by atoms with Gasteiger partial charge in [-0.15, -0.1) is 11.3 Å². The van der Waals surface area contributed by atoms with Gasteiger partial charge in [0.15, 0.2) is 0 Å². The van der Waals surface area contributed by atoms with E-state index in [-0.39, 0.29) is 5.91 Å². The van der Waals surface area contributed by atoms with Gasteiger partial charge in [0.05, 0.1) is 10.6 Å². The molecule has 3 aromatic rings. The number of carbonyl (C=O) groups excluding carboxylic acids is 1. The first-order valence-corrected chi connectivity index (χ1v) is 10.7. The monoisotopic (exact) mass is 391 g/mol. The summed E-state index contributed by atoms with van der Waals surface area (Å²) in [5.74, 6) is 0.0356. The van der Waals surface area contributed by atoms with Crippen LogP contribution in [0.2, 0.25) is 0 Å². The van der Waals surface area contributed by atoms with Crippen molar-refractivity contribution < 1.29 is 4.79 Å². The molecule has 1 amide bonds. The number of pyridine rings is 1. The maximum Gasteiger partial charge on any atom is 0.261 e. The van der Waals surface area contributed by atoms with Crippen molar-refractivity contribution >= 4 is 17.2 Å². The zero-order chi connectivity index (χ0) is 19.3. The number of hydrogen-bond acceptors (Lipinski definition) is 4. The third-order valence-corrected chi connectivity index (χ3v) is 6.37. The molecule has 1 aliphatic heterocycles. The third-order valence-electron chi connectivity index (χ3n) is 5.18. The summed E-state index contributed by atoms with van der Waals surface area (Å²) in [6.45, 7) is 4.64. The Morgan fingerprint density at radius 1 is 1.18 bits per heavy atom. The standard InChI is InChI=1S/C23H25N3OS/c1-2-24-23(27)22-13-12-21(28-22)20-7-5-15-26(20)16-17-8-10-18(11-9-17)19-6-3-4-14-25-19/h3-4,6,8-14,20H,2,5,7,15-16H2,1H3,(H,24,27)/t20-/m1/s1. The molecule has 1 fully saturated rings. The molecular weight excluding hydrogens is 366 g/mol. The van der Waals surface area contributed by atoms with E-state index in [1.54, 1.807) is 11.3 Å². The maximum absolute atomic E-state index is 12.1. The summed E-state index contributed by atoms with van der Waals surface area (Å²) >= 11 is 1.63.